The number of aromatic nitrogens is 2. The fourth-order valence-corrected chi connectivity index (χ4v) is 6.49. The third-order valence-corrected chi connectivity index (χ3v) is 8.48. The van der Waals surface area contributed by atoms with E-state index in [1.165, 1.54) is 28.2 Å². The number of allylic oxidation sites excluding steroid dienone is 1. The molecule has 238 valence electrons. The molecule has 2 aliphatic heterocycles. The van der Waals surface area contributed by atoms with E-state index in [9.17, 15) is 19.2 Å². The normalized spacial score (nSPS) is 18.0. The monoisotopic (exact) mass is 661 g/mol. The van der Waals surface area contributed by atoms with E-state index in [-0.39, 0.29) is 17.2 Å². The lowest BCUT2D eigenvalue weighted by Crippen LogP contribution is -2.71. The van der Waals surface area contributed by atoms with Crippen molar-refractivity contribution in [3.05, 3.63) is 107 Å². The second-order valence-corrected chi connectivity index (χ2v) is 12.8. The number of thioether (sulfide) groups is 1. The van der Waals surface area contributed by atoms with Crippen LogP contribution >= 0.6 is 23.3 Å². The lowest BCUT2D eigenvalue weighted by atomic mass is 10.0. The summed E-state index contributed by atoms with van der Waals surface area (Å²) in [4.78, 5) is 63.2. The van der Waals surface area contributed by atoms with E-state index in [2.05, 4.69) is 26.4 Å². The van der Waals surface area contributed by atoms with Crippen LogP contribution in [0.5, 0.6) is 0 Å². The SMILES string of the molecule is C=CC1=C(C(=O)OC(c2ccccc2)c2ccccc2)N2C(=O)C(NC(=O)C(=NOCC(=O)OC(C)(C)C)c3ncsn3)[C@@H]2SC1. The van der Waals surface area contributed by atoms with Crippen molar-refractivity contribution >= 4 is 52.8 Å². The molecule has 2 atom stereocenters. The molecule has 14 heteroatoms. The number of carbonyl (C=O) groups is 4. The van der Waals surface area contributed by atoms with Gasteiger partial charge in [0.15, 0.2) is 6.10 Å². The van der Waals surface area contributed by atoms with Crippen LogP contribution in [-0.4, -0.2) is 73.1 Å². The zero-order chi connectivity index (χ0) is 32.8. The Morgan fingerprint density at radius 3 is 2.33 bits per heavy atom. The van der Waals surface area contributed by atoms with Crippen molar-refractivity contribution in [2.24, 2.45) is 5.16 Å². The fourth-order valence-electron chi connectivity index (χ4n) is 4.72. The first-order valence-electron chi connectivity index (χ1n) is 14.2. The third-order valence-electron chi connectivity index (χ3n) is 6.70. The van der Waals surface area contributed by atoms with Crippen LogP contribution in [0, 0.1) is 0 Å². The summed E-state index contributed by atoms with van der Waals surface area (Å²) in [7, 11) is 0. The van der Waals surface area contributed by atoms with E-state index in [1.807, 2.05) is 60.7 Å². The van der Waals surface area contributed by atoms with Crippen molar-refractivity contribution in [3.63, 3.8) is 0 Å². The minimum Gasteiger partial charge on any atom is -0.457 e. The number of esters is 2. The first-order chi connectivity index (χ1) is 22.1. The maximum absolute atomic E-state index is 13.8. The molecule has 1 unspecified atom stereocenters. The minimum atomic E-state index is -1.000. The van der Waals surface area contributed by atoms with Gasteiger partial charge in [-0.25, -0.2) is 14.6 Å². The van der Waals surface area contributed by atoms with Gasteiger partial charge in [0.1, 0.15) is 28.2 Å². The first kappa shape index (κ1) is 32.6. The van der Waals surface area contributed by atoms with Crippen LogP contribution in [0.1, 0.15) is 43.8 Å². The molecule has 12 nitrogen and oxygen atoms in total. The molecule has 0 aliphatic carbocycles. The van der Waals surface area contributed by atoms with E-state index in [0.717, 1.165) is 22.7 Å². The van der Waals surface area contributed by atoms with Gasteiger partial charge in [-0.3, -0.25) is 14.5 Å². The number of carbonyl (C=O) groups excluding carboxylic acids is 4. The number of rotatable bonds is 11. The topological polar surface area (TPSA) is 149 Å². The number of ether oxygens (including phenoxy) is 2. The highest BCUT2D eigenvalue weighted by molar-refractivity contribution is 8.00. The van der Waals surface area contributed by atoms with Gasteiger partial charge in [-0.15, -0.1) is 11.8 Å². The largest absolute Gasteiger partial charge is 0.457 e. The summed E-state index contributed by atoms with van der Waals surface area (Å²) < 4.78 is 15.3. The molecule has 3 heterocycles. The molecule has 5 rings (SSSR count). The summed E-state index contributed by atoms with van der Waals surface area (Å²) in [6, 6.07) is 17.6. The molecule has 0 radical (unpaired) electrons. The van der Waals surface area contributed by atoms with E-state index in [1.54, 1.807) is 20.8 Å². The first-order valence-corrected chi connectivity index (χ1v) is 16.1. The number of hydrogen-bond acceptors (Lipinski definition) is 12. The maximum Gasteiger partial charge on any atom is 0.356 e. The van der Waals surface area contributed by atoms with E-state index in [4.69, 9.17) is 14.3 Å². The number of fused-ring (bicyclic) bond motifs is 1. The molecule has 2 aromatic carbocycles. The lowest BCUT2D eigenvalue weighted by Gasteiger charge is -2.49. The average Bonchev–Trinajstić information content (AvgIpc) is 3.58. The maximum atomic E-state index is 13.8. The summed E-state index contributed by atoms with van der Waals surface area (Å²) in [5.41, 5.74) is 2.48. The Bertz CT molecular complexity index is 1630. The Labute approximate surface area is 273 Å². The predicted octanol–water partition coefficient (Wildman–Crippen LogP) is 3.77. The summed E-state index contributed by atoms with van der Waals surface area (Å²) in [5, 5.41) is 5.84. The van der Waals surface area contributed by atoms with Crippen LogP contribution in [0.3, 0.4) is 0 Å². The number of hydrogen-bond donors (Lipinski definition) is 1. The second-order valence-electron chi connectivity index (χ2n) is 11.1. The van der Waals surface area contributed by atoms with Gasteiger partial charge >= 0.3 is 11.9 Å². The Balaban J connectivity index is 1.32. The van der Waals surface area contributed by atoms with Crippen molar-refractivity contribution in [3.8, 4) is 0 Å². The molecule has 0 bridgehead atoms. The lowest BCUT2D eigenvalue weighted by molar-refractivity contribution is -0.160. The molecule has 1 fully saturated rings. The fraction of sp³-hybridized carbons (Fsp3) is 0.281. The minimum absolute atomic E-state index is 0.0439. The van der Waals surface area contributed by atoms with Crippen molar-refractivity contribution in [2.75, 3.05) is 12.4 Å². The van der Waals surface area contributed by atoms with Crippen molar-refractivity contribution in [2.45, 2.75) is 43.9 Å². The Morgan fingerprint density at radius 2 is 1.76 bits per heavy atom. The molecule has 46 heavy (non-hydrogen) atoms. The molecule has 0 spiro atoms. The van der Waals surface area contributed by atoms with Gasteiger partial charge in [0.25, 0.3) is 11.8 Å². The zero-order valence-electron chi connectivity index (χ0n) is 25.2. The summed E-state index contributed by atoms with van der Waals surface area (Å²) in [6.45, 7) is 8.40. The molecule has 2 amide bonds. The second kappa shape index (κ2) is 14.1. The molecule has 0 saturated carbocycles. The van der Waals surface area contributed by atoms with Gasteiger partial charge in [-0.1, -0.05) is 78.5 Å². The smallest absolute Gasteiger partial charge is 0.356 e. The van der Waals surface area contributed by atoms with Crippen LogP contribution in [-0.2, 0) is 33.5 Å². The van der Waals surface area contributed by atoms with Gasteiger partial charge in [0, 0.05) is 5.75 Å². The highest BCUT2D eigenvalue weighted by atomic mass is 32.2. The van der Waals surface area contributed by atoms with Gasteiger partial charge < -0.3 is 19.6 Å². The number of oxime groups is 1. The average molecular weight is 662 g/mol. The molecule has 3 aromatic rings. The zero-order valence-corrected chi connectivity index (χ0v) is 26.9. The number of benzene rings is 2. The van der Waals surface area contributed by atoms with Crippen molar-refractivity contribution < 1.29 is 33.5 Å². The Kier molecular flexibility index (Phi) is 9.97. The van der Waals surface area contributed by atoms with Gasteiger partial charge in [0.2, 0.25) is 18.1 Å². The summed E-state index contributed by atoms with van der Waals surface area (Å²) in [6.07, 6.45) is 0.804. The molecule has 1 saturated heterocycles. The van der Waals surface area contributed by atoms with E-state index < -0.39 is 53.5 Å². The van der Waals surface area contributed by atoms with Crippen LogP contribution in [0.15, 0.2) is 95.3 Å². The summed E-state index contributed by atoms with van der Waals surface area (Å²) in [5.74, 6) is -2.39. The van der Waals surface area contributed by atoms with Crippen molar-refractivity contribution in [1.82, 2.24) is 19.6 Å². The van der Waals surface area contributed by atoms with E-state index in [0.29, 0.717) is 11.3 Å². The number of amides is 2. The van der Waals surface area contributed by atoms with Gasteiger partial charge in [-0.2, -0.15) is 4.37 Å². The number of nitrogens with zero attached hydrogens (tertiary/aromatic N) is 4. The predicted molar refractivity (Wildman–Crippen MR) is 171 cm³/mol. The highest BCUT2D eigenvalue weighted by Crippen LogP contribution is 2.42. The van der Waals surface area contributed by atoms with Crippen LogP contribution in [0.4, 0.5) is 0 Å². The van der Waals surface area contributed by atoms with Crippen molar-refractivity contribution in [1.29, 1.82) is 0 Å². The van der Waals surface area contributed by atoms with Gasteiger partial charge in [-0.05, 0) is 49.0 Å². The van der Waals surface area contributed by atoms with Crippen LogP contribution in [0.2, 0.25) is 0 Å². The highest BCUT2D eigenvalue weighted by Gasteiger charge is 2.54. The molecular formula is C32H31N5O7S2. The third kappa shape index (κ3) is 7.35. The Morgan fingerprint density at radius 1 is 1.11 bits per heavy atom. The van der Waals surface area contributed by atoms with Gasteiger partial charge in [0.05, 0.1) is 0 Å². The number of β-lactam (4-membered cyclic amide) rings is 1. The molecule has 1 aromatic heterocycles. The molecule has 1 N–H and O–H groups in total. The van der Waals surface area contributed by atoms with Crippen LogP contribution < -0.4 is 5.32 Å². The number of nitrogens with one attached hydrogen (secondary N) is 1. The molecular weight excluding hydrogens is 631 g/mol. The molecule has 2 aliphatic rings. The summed E-state index contributed by atoms with van der Waals surface area (Å²) >= 11 is 2.34. The van der Waals surface area contributed by atoms with Crippen LogP contribution in [0.25, 0.3) is 0 Å². The quantitative estimate of drug-likeness (QED) is 0.139. The van der Waals surface area contributed by atoms with E-state index >= 15 is 0 Å². The Hall–Kier alpha value is -4.82. The standard InChI is InChI=1S/C32H31N5O7S2/c1-5-19-17-45-30-24(34-28(39)23(27-33-18-46-36-27)35-42-16-22(38)44-32(2,3)4)29(40)37(30)25(19)31(41)43-26(20-12-8-6-9-13-20)21-14-10-7-11-15-21/h5-15,18,24,26,30H,1,16-17H2,2-4H3,(H,34,39)/t24?,30-/m0/s1.